The van der Waals surface area contributed by atoms with Crippen molar-refractivity contribution in [3.05, 3.63) is 29.0 Å². The van der Waals surface area contributed by atoms with Gasteiger partial charge in [-0.3, -0.25) is 0 Å². The molecule has 2 nitrogen and oxygen atoms in total. The molecule has 64 valence electrons. The fourth-order valence-corrected chi connectivity index (χ4v) is 0.988. The van der Waals surface area contributed by atoms with Crippen molar-refractivity contribution >= 4 is 24.2 Å². The van der Waals surface area contributed by atoms with Gasteiger partial charge in [0, 0.05) is 17.6 Å². The Morgan fingerprint density at radius 1 is 1.58 bits per heavy atom. The third kappa shape index (κ3) is 1.97. The van der Waals surface area contributed by atoms with E-state index in [0.29, 0.717) is 5.02 Å². The van der Waals surface area contributed by atoms with Crippen molar-refractivity contribution in [3.8, 4) is 0 Å². The summed E-state index contributed by atoms with van der Waals surface area (Å²) in [4.78, 5) is 0. The normalized spacial score (nSPS) is 10.0. The van der Waals surface area contributed by atoms with Crippen LogP contribution in [0.1, 0.15) is 0 Å². The third-order valence-corrected chi connectivity index (χ3v) is 1.69. The van der Waals surface area contributed by atoms with Crippen LogP contribution in [0.25, 0.3) is 0 Å². The second-order valence-corrected chi connectivity index (χ2v) is 2.69. The standard InChI is InChI=1S/C7H7BClFO2/c1-12-8(11)6-3-2-5(9)4-7(6)10/h2-4,11H,1H3. The van der Waals surface area contributed by atoms with E-state index < -0.39 is 12.9 Å². The van der Waals surface area contributed by atoms with Gasteiger partial charge >= 0.3 is 7.12 Å². The molecule has 0 amide bonds. The monoisotopic (exact) mass is 188 g/mol. The Morgan fingerprint density at radius 3 is 2.75 bits per heavy atom. The van der Waals surface area contributed by atoms with Crippen LogP contribution in [0.2, 0.25) is 5.02 Å². The van der Waals surface area contributed by atoms with Crippen LogP contribution in [0.15, 0.2) is 18.2 Å². The molecule has 0 saturated heterocycles. The van der Waals surface area contributed by atoms with Crippen molar-refractivity contribution in [2.24, 2.45) is 0 Å². The van der Waals surface area contributed by atoms with Gasteiger partial charge in [0.2, 0.25) is 0 Å². The van der Waals surface area contributed by atoms with Gasteiger partial charge in [-0.2, -0.15) is 0 Å². The first-order chi connectivity index (χ1) is 5.65. The predicted molar refractivity (Wildman–Crippen MR) is 46.0 cm³/mol. The molecule has 0 aliphatic carbocycles. The minimum Gasteiger partial charge on any atom is -0.423 e. The van der Waals surface area contributed by atoms with Crippen LogP contribution in [-0.4, -0.2) is 19.3 Å². The van der Waals surface area contributed by atoms with Gasteiger partial charge in [0.05, 0.1) is 0 Å². The first-order valence-corrected chi connectivity index (χ1v) is 3.68. The van der Waals surface area contributed by atoms with Crippen LogP contribution in [0.3, 0.4) is 0 Å². The van der Waals surface area contributed by atoms with Crippen LogP contribution in [0.4, 0.5) is 4.39 Å². The molecule has 1 N–H and O–H groups in total. The summed E-state index contributed by atoms with van der Waals surface area (Å²) < 4.78 is 17.5. The maximum atomic E-state index is 13.0. The maximum Gasteiger partial charge on any atom is 0.493 e. The minimum absolute atomic E-state index is 0.0851. The molecule has 0 spiro atoms. The van der Waals surface area contributed by atoms with Gasteiger partial charge < -0.3 is 9.68 Å². The first kappa shape index (κ1) is 9.51. The molecule has 0 aliphatic rings. The summed E-state index contributed by atoms with van der Waals surface area (Å²) in [7, 11) is 0.0564. The maximum absolute atomic E-state index is 13.0. The smallest absolute Gasteiger partial charge is 0.423 e. The molecule has 0 fully saturated rings. The lowest BCUT2D eigenvalue weighted by atomic mass is 9.79. The molecule has 0 unspecified atom stereocenters. The summed E-state index contributed by atoms with van der Waals surface area (Å²) in [5.74, 6) is -0.572. The summed E-state index contributed by atoms with van der Waals surface area (Å²) >= 11 is 5.50. The van der Waals surface area contributed by atoms with E-state index in [4.69, 9.17) is 16.6 Å². The minimum atomic E-state index is -1.23. The summed E-state index contributed by atoms with van der Waals surface area (Å²) in [5.41, 5.74) is 0.0851. The fourth-order valence-electron chi connectivity index (χ4n) is 0.829. The molecule has 0 radical (unpaired) electrons. The van der Waals surface area contributed by atoms with E-state index in [1.807, 2.05) is 0 Å². The van der Waals surface area contributed by atoms with Crippen LogP contribution < -0.4 is 5.46 Å². The number of halogens is 2. The highest BCUT2D eigenvalue weighted by molar-refractivity contribution is 6.60. The molecule has 1 aromatic carbocycles. The van der Waals surface area contributed by atoms with Gasteiger partial charge in [0.1, 0.15) is 5.82 Å². The number of benzene rings is 1. The molecule has 1 aromatic rings. The second kappa shape index (κ2) is 3.89. The zero-order valence-corrected chi connectivity index (χ0v) is 7.18. The van der Waals surface area contributed by atoms with Crippen molar-refractivity contribution in [2.75, 3.05) is 7.11 Å². The summed E-state index contributed by atoms with van der Waals surface area (Å²) in [6, 6.07) is 3.99. The highest BCUT2D eigenvalue weighted by Crippen LogP contribution is 2.08. The molecule has 12 heavy (non-hydrogen) atoms. The summed E-state index contributed by atoms with van der Waals surface area (Å²) in [5, 5.41) is 9.39. The number of rotatable bonds is 2. The van der Waals surface area contributed by atoms with Crippen molar-refractivity contribution in [3.63, 3.8) is 0 Å². The Morgan fingerprint density at radius 2 is 2.25 bits per heavy atom. The Kier molecular flexibility index (Phi) is 3.09. The quantitative estimate of drug-likeness (QED) is 0.696. The van der Waals surface area contributed by atoms with Gasteiger partial charge in [0.15, 0.2) is 0 Å². The van der Waals surface area contributed by atoms with E-state index in [0.717, 1.165) is 6.07 Å². The Hall–Kier alpha value is -0.575. The Balaban J connectivity index is 3.01. The van der Waals surface area contributed by atoms with Crippen molar-refractivity contribution in [1.29, 1.82) is 0 Å². The van der Waals surface area contributed by atoms with Gasteiger partial charge in [-0.15, -0.1) is 0 Å². The lowest BCUT2D eigenvalue weighted by Gasteiger charge is -2.04. The lowest BCUT2D eigenvalue weighted by molar-refractivity contribution is 0.340. The predicted octanol–water partition coefficient (Wildman–Crippen LogP) is 0.813. The topological polar surface area (TPSA) is 29.5 Å². The van der Waals surface area contributed by atoms with E-state index in [1.54, 1.807) is 0 Å². The van der Waals surface area contributed by atoms with Crippen molar-refractivity contribution in [1.82, 2.24) is 0 Å². The lowest BCUT2D eigenvalue weighted by Crippen LogP contribution is -2.34. The Bertz CT molecular complexity index is 282. The third-order valence-electron chi connectivity index (χ3n) is 1.45. The average Bonchev–Trinajstić information content (AvgIpc) is 2.03. The van der Waals surface area contributed by atoms with E-state index in [2.05, 4.69) is 4.65 Å². The van der Waals surface area contributed by atoms with Gasteiger partial charge in [-0.25, -0.2) is 4.39 Å². The van der Waals surface area contributed by atoms with Crippen molar-refractivity contribution in [2.45, 2.75) is 0 Å². The number of hydrogen-bond acceptors (Lipinski definition) is 2. The summed E-state index contributed by atoms with van der Waals surface area (Å²) in [6.07, 6.45) is 0. The molecule has 0 heterocycles. The molecular formula is C7H7BClFO2. The van der Waals surface area contributed by atoms with Gasteiger partial charge in [-0.1, -0.05) is 17.7 Å². The zero-order valence-electron chi connectivity index (χ0n) is 6.42. The summed E-state index contributed by atoms with van der Waals surface area (Å²) in [6.45, 7) is 0. The van der Waals surface area contributed by atoms with Crippen LogP contribution in [-0.2, 0) is 4.65 Å². The van der Waals surface area contributed by atoms with E-state index in [-0.39, 0.29) is 5.46 Å². The molecule has 1 rings (SSSR count). The van der Waals surface area contributed by atoms with E-state index in [1.165, 1.54) is 19.2 Å². The largest absolute Gasteiger partial charge is 0.493 e. The Labute approximate surface area is 75.1 Å². The van der Waals surface area contributed by atoms with Crippen LogP contribution in [0, 0.1) is 5.82 Å². The zero-order chi connectivity index (χ0) is 9.14. The molecule has 5 heteroatoms. The second-order valence-electron chi connectivity index (χ2n) is 2.25. The van der Waals surface area contributed by atoms with Crippen LogP contribution >= 0.6 is 11.6 Å². The highest BCUT2D eigenvalue weighted by atomic mass is 35.5. The van der Waals surface area contributed by atoms with Gasteiger partial charge in [0.25, 0.3) is 0 Å². The molecule has 0 aromatic heterocycles. The fraction of sp³-hybridized carbons (Fsp3) is 0.143. The average molecular weight is 188 g/mol. The van der Waals surface area contributed by atoms with Crippen molar-refractivity contribution < 1.29 is 14.1 Å². The molecule has 0 atom stereocenters. The number of hydrogen-bond donors (Lipinski definition) is 1. The molecule has 0 bridgehead atoms. The molecule has 0 saturated carbocycles. The highest BCUT2D eigenvalue weighted by Gasteiger charge is 2.18. The molecular weight excluding hydrogens is 181 g/mol. The van der Waals surface area contributed by atoms with E-state index >= 15 is 0 Å². The SMILES string of the molecule is COB(O)c1ccc(Cl)cc1F. The first-order valence-electron chi connectivity index (χ1n) is 3.31. The van der Waals surface area contributed by atoms with Gasteiger partial charge in [-0.05, 0) is 12.1 Å². The van der Waals surface area contributed by atoms with E-state index in [9.17, 15) is 4.39 Å². The molecule has 0 aliphatic heterocycles. The van der Waals surface area contributed by atoms with Crippen LogP contribution in [0.5, 0.6) is 0 Å².